The van der Waals surface area contributed by atoms with Gasteiger partial charge in [-0.15, -0.1) is 0 Å². The SMILES string of the molecule is Cc1c(C)n(-c2cccc(F)c2)c2ncn(CCC(=O)N[C@@H](C)C(=O)N3CCCCC3)c(=O)c12. The Morgan fingerprint density at radius 2 is 1.91 bits per heavy atom. The lowest BCUT2D eigenvalue weighted by molar-refractivity contribution is -0.136. The summed E-state index contributed by atoms with van der Waals surface area (Å²) in [4.78, 5) is 44.5. The highest BCUT2D eigenvalue weighted by Gasteiger charge is 2.23. The summed E-state index contributed by atoms with van der Waals surface area (Å²) in [5.74, 6) is -0.739. The third-order valence-electron chi connectivity index (χ3n) is 6.54. The second-order valence-electron chi connectivity index (χ2n) is 8.89. The molecule has 0 aliphatic carbocycles. The number of halogens is 1. The van der Waals surface area contributed by atoms with Crippen LogP contribution in [0.2, 0.25) is 0 Å². The van der Waals surface area contributed by atoms with Gasteiger partial charge in [0, 0.05) is 31.7 Å². The minimum Gasteiger partial charge on any atom is -0.345 e. The Hall–Kier alpha value is -3.49. The van der Waals surface area contributed by atoms with E-state index in [9.17, 15) is 18.8 Å². The van der Waals surface area contributed by atoms with Gasteiger partial charge in [-0.05, 0) is 63.8 Å². The molecule has 4 rings (SSSR count). The number of hydrogen-bond donors (Lipinski definition) is 1. The van der Waals surface area contributed by atoms with Crippen molar-refractivity contribution in [2.45, 2.75) is 59.0 Å². The molecule has 1 aliphatic heterocycles. The Balaban J connectivity index is 1.49. The second kappa shape index (κ2) is 9.79. The molecule has 1 atom stereocenters. The molecule has 0 saturated carbocycles. The fraction of sp³-hybridized carbons (Fsp3) is 0.440. The molecule has 180 valence electrons. The summed E-state index contributed by atoms with van der Waals surface area (Å²) in [6.45, 7) is 6.99. The third kappa shape index (κ3) is 4.60. The number of piperidine rings is 1. The summed E-state index contributed by atoms with van der Waals surface area (Å²) >= 11 is 0. The number of carbonyl (C=O) groups excluding carboxylic acids is 2. The van der Waals surface area contributed by atoms with Crippen molar-refractivity contribution in [3.05, 3.63) is 58.0 Å². The molecule has 3 heterocycles. The molecular weight excluding hydrogens is 437 g/mol. The van der Waals surface area contributed by atoms with Crippen LogP contribution in [0.25, 0.3) is 16.7 Å². The van der Waals surface area contributed by atoms with E-state index in [1.165, 1.54) is 23.0 Å². The first-order chi connectivity index (χ1) is 16.3. The standard InChI is InChI=1S/C25H30FN5O3/c1-16-18(3)31(20-9-7-8-19(26)14-20)23-22(16)25(34)30(15-27-23)13-10-21(32)28-17(2)24(33)29-11-5-4-6-12-29/h7-9,14-15,17H,4-6,10-13H2,1-3H3,(H,28,32)/t17-/m0/s1. The van der Waals surface area contributed by atoms with E-state index in [2.05, 4.69) is 10.3 Å². The highest BCUT2D eigenvalue weighted by Crippen LogP contribution is 2.25. The van der Waals surface area contributed by atoms with Crippen LogP contribution in [0.4, 0.5) is 4.39 Å². The zero-order valence-electron chi connectivity index (χ0n) is 19.8. The molecule has 1 N–H and O–H groups in total. The van der Waals surface area contributed by atoms with Gasteiger partial charge in [0.25, 0.3) is 5.56 Å². The van der Waals surface area contributed by atoms with Crippen LogP contribution in [0.5, 0.6) is 0 Å². The summed E-state index contributed by atoms with van der Waals surface area (Å²) < 4.78 is 17.0. The van der Waals surface area contributed by atoms with Crippen molar-refractivity contribution < 1.29 is 14.0 Å². The van der Waals surface area contributed by atoms with Gasteiger partial charge in [0.15, 0.2) is 5.65 Å². The van der Waals surface area contributed by atoms with Crippen molar-refractivity contribution in [3.8, 4) is 5.69 Å². The molecule has 0 radical (unpaired) electrons. The Kier molecular flexibility index (Phi) is 6.81. The van der Waals surface area contributed by atoms with Crippen LogP contribution in [-0.2, 0) is 16.1 Å². The van der Waals surface area contributed by atoms with Gasteiger partial charge in [0.05, 0.1) is 17.4 Å². The number of aryl methyl sites for hydroxylation is 2. The molecule has 9 heteroatoms. The van der Waals surface area contributed by atoms with Gasteiger partial charge < -0.3 is 10.2 Å². The average molecular weight is 468 g/mol. The van der Waals surface area contributed by atoms with Crippen molar-refractivity contribution in [3.63, 3.8) is 0 Å². The number of fused-ring (bicyclic) bond motifs is 1. The van der Waals surface area contributed by atoms with Gasteiger partial charge in [-0.2, -0.15) is 0 Å². The van der Waals surface area contributed by atoms with Crippen molar-refractivity contribution in [1.29, 1.82) is 0 Å². The van der Waals surface area contributed by atoms with Gasteiger partial charge in [-0.3, -0.25) is 23.5 Å². The van der Waals surface area contributed by atoms with Crippen molar-refractivity contribution >= 4 is 22.8 Å². The first-order valence-corrected chi connectivity index (χ1v) is 11.7. The Morgan fingerprint density at radius 1 is 1.18 bits per heavy atom. The molecular formula is C25H30FN5O3. The molecule has 1 saturated heterocycles. The van der Waals surface area contributed by atoms with E-state index in [-0.39, 0.29) is 36.2 Å². The van der Waals surface area contributed by atoms with Gasteiger partial charge in [-0.1, -0.05) is 6.07 Å². The largest absolute Gasteiger partial charge is 0.345 e. The molecule has 8 nitrogen and oxygen atoms in total. The number of likely N-dealkylation sites (tertiary alicyclic amines) is 1. The summed E-state index contributed by atoms with van der Waals surface area (Å²) in [6, 6.07) is 5.54. The van der Waals surface area contributed by atoms with E-state index >= 15 is 0 Å². The summed E-state index contributed by atoms with van der Waals surface area (Å²) in [7, 11) is 0. The maximum Gasteiger partial charge on any atom is 0.263 e. The number of hydrogen-bond acceptors (Lipinski definition) is 4. The molecule has 0 unspecified atom stereocenters. The molecule has 2 amide bonds. The Morgan fingerprint density at radius 3 is 2.62 bits per heavy atom. The fourth-order valence-electron chi connectivity index (χ4n) is 4.56. The highest BCUT2D eigenvalue weighted by molar-refractivity contribution is 5.87. The van der Waals surface area contributed by atoms with E-state index in [1.807, 2.05) is 13.8 Å². The lowest BCUT2D eigenvalue weighted by atomic mass is 10.1. The van der Waals surface area contributed by atoms with Gasteiger partial charge in [0.2, 0.25) is 11.8 Å². The first-order valence-electron chi connectivity index (χ1n) is 11.7. The van der Waals surface area contributed by atoms with Crippen molar-refractivity contribution in [2.75, 3.05) is 13.1 Å². The fourth-order valence-corrected chi connectivity index (χ4v) is 4.56. The Labute approximate surface area is 197 Å². The average Bonchev–Trinajstić information content (AvgIpc) is 3.09. The predicted molar refractivity (Wildman–Crippen MR) is 127 cm³/mol. The van der Waals surface area contributed by atoms with Crippen LogP contribution in [-0.4, -0.2) is 50.0 Å². The third-order valence-corrected chi connectivity index (χ3v) is 6.54. The quantitative estimate of drug-likeness (QED) is 0.604. The number of carbonyl (C=O) groups is 2. The number of aromatic nitrogens is 3. The van der Waals surface area contributed by atoms with E-state index in [0.29, 0.717) is 16.7 Å². The van der Waals surface area contributed by atoms with Crippen LogP contribution in [0.15, 0.2) is 35.4 Å². The van der Waals surface area contributed by atoms with Crippen LogP contribution >= 0.6 is 0 Å². The highest BCUT2D eigenvalue weighted by atomic mass is 19.1. The zero-order chi connectivity index (χ0) is 24.4. The number of rotatable bonds is 6. The topological polar surface area (TPSA) is 89.2 Å². The molecule has 0 spiro atoms. The molecule has 3 aromatic rings. The smallest absolute Gasteiger partial charge is 0.263 e. The minimum atomic E-state index is -0.604. The van der Waals surface area contributed by atoms with Crippen LogP contribution in [0.1, 0.15) is 43.9 Å². The lowest BCUT2D eigenvalue weighted by Gasteiger charge is -2.29. The molecule has 0 bridgehead atoms. The van der Waals surface area contributed by atoms with E-state index < -0.39 is 6.04 Å². The lowest BCUT2D eigenvalue weighted by Crippen LogP contribution is -2.48. The van der Waals surface area contributed by atoms with Crippen LogP contribution < -0.4 is 10.9 Å². The summed E-state index contributed by atoms with van der Waals surface area (Å²) in [6.07, 6.45) is 4.57. The zero-order valence-corrected chi connectivity index (χ0v) is 19.8. The van der Waals surface area contributed by atoms with Gasteiger partial charge in [0.1, 0.15) is 11.9 Å². The normalized spacial score (nSPS) is 14.9. The van der Waals surface area contributed by atoms with Crippen LogP contribution in [0.3, 0.4) is 0 Å². The summed E-state index contributed by atoms with van der Waals surface area (Å²) in [5, 5.41) is 3.19. The van der Waals surface area contributed by atoms with Gasteiger partial charge in [-0.25, -0.2) is 9.37 Å². The number of amides is 2. The number of nitrogens with zero attached hydrogens (tertiary/aromatic N) is 4. The van der Waals surface area contributed by atoms with E-state index in [1.54, 1.807) is 28.5 Å². The maximum absolute atomic E-state index is 13.8. The maximum atomic E-state index is 13.8. The molecule has 2 aromatic heterocycles. The first kappa shape index (κ1) is 23.7. The number of benzene rings is 1. The predicted octanol–water partition coefficient (Wildman–Crippen LogP) is 2.85. The minimum absolute atomic E-state index is 0.0490. The molecule has 34 heavy (non-hydrogen) atoms. The molecule has 1 fully saturated rings. The second-order valence-corrected chi connectivity index (χ2v) is 8.89. The summed E-state index contributed by atoms with van der Waals surface area (Å²) in [5.41, 5.74) is 2.34. The van der Waals surface area contributed by atoms with Crippen molar-refractivity contribution in [1.82, 2.24) is 24.3 Å². The van der Waals surface area contributed by atoms with Crippen LogP contribution in [0, 0.1) is 19.7 Å². The number of nitrogens with one attached hydrogen (secondary N) is 1. The van der Waals surface area contributed by atoms with Crippen molar-refractivity contribution in [2.24, 2.45) is 0 Å². The molecule has 1 aromatic carbocycles. The monoisotopic (exact) mass is 467 g/mol. The van der Waals surface area contributed by atoms with Gasteiger partial charge >= 0.3 is 0 Å². The molecule has 1 aliphatic rings. The Bertz CT molecular complexity index is 1290. The van der Waals surface area contributed by atoms with E-state index in [4.69, 9.17) is 0 Å². The van der Waals surface area contributed by atoms with E-state index in [0.717, 1.165) is 43.6 Å².